The molecule has 17 heavy (non-hydrogen) atoms. The van der Waals surface area contributed by atoms with Crippen LogP contribution in [-0.2, 0) is 6.54 Å². The Morgan fingerprint density at radius 3 is 3.12 bits per heavy atom. The summed E-state index contributed by atoms with van der Waals surface area (Å²) in [6.45, 7) is 3.19. The summed E-state index contributed by atoms with van der Waals surface area (Å²) in [5, 5.41) is 0. The summed E-state index contributed by atoms with van der Waals surface area (Å²) in [7, 11) is 0. The highest BCUT2D eigenvalue weighted by atomic mass is 35.5. The van der Waals surface area contributed by atoms with Crippen molar-refractivity contribution in [2.45, 2.75) is 13.0 Å². The molecule has 0 aromatic carbocycles. The maximum absolute atomic E-state index is 5.89. The van der Waals surface area contributed by atoms with Gasteiger partial charge in [-0.2, -0.15) is 0 Å². The summed E-state index contributed by atoms with van der Waals surface area (Å²) in [5.41, 5.74) is 2.17. The Morgan fingerprint density at radius 2 is 2.35 bits per heavy atom. The van der Waals surface area contributed by atoms with Gasteiger partial charge in [0.2, 0.25) is 0 Å². The zero-order valence-corrected chi connectivity index (χ0v) is 10.5. The highest BCUT2D eigenvalue weighted by Crippen LogP contribution is 2.19. The number of halogens is 1. The van der Waals surface area contributed by atoms with Gasteiger partial charge in [0.25, 0.3) is 0 Å². The van der Waals surface area contributed by atoms with Gasteiger partial charge in [-0.25, -0.2) is 4.98 Å². The topological polar surface area (TPSA) is 20.5 Å². The molecule has 0 amide bonds. The number of likely N-dealkylation sites (tertiary alicyclic amines) is 1. The Bertz CT molecular complexity index is 475. The molecule has 4 heteroatoms. The van der Waals surface area contributed by atoms with E-state index in [1.807, 2.05) is 24.4 Å². The van der Waals surface area contributed by atoms with Crippen LogP contribution in [0.3, 0.4) is 0 Å². The van der Waals surface area contributed by atoms with Crippen LogP contribution in [0.5, 0.6) is 0 Å². The van der Waals surface area contributed by atoms with E-state index in [1.165, 1.54) is 6.42 Å². The lowest BCUT2D eigenvalue weighted by Gasteiger charge is -2.13. The first kappa shape index (κ1) is 11.1. The van der Waals surface area contributed by atoms with Gasteiger partial charge in [-0.05, 0) is 31.0 Å². The van der Waals surface area contributed by atoms with Gasteiger partial charge in [0.1, 0.15) is 5.65 Å². The van der Waals surface area contributed by atoms with E-state index in [1.54, 1.807) is 0 Å². The zero-order valence-electron chi connectivity index (χ0n) is 9.72. The summed E-state index contributed by atoms with van der Waals surface area (Å²) >= 11 is 5.89. The first-order valence-electron chi connectivity index (χ1n) is 6.06. The number of pyridine rings is 1. The minimum absolute atomic E-state index is 0.661. The van der Waals surface area contributed by atoms with Crippen LogP contribution in [0, 0.1) is 5.92 Å². The maximum Gasteiger partial charge on any atom is 0.137 e. The second kappa shape index (κ2) is 4.67. The number of imidazole rings is 1. The third-order valence-electron chi connectivity index (χ3n) is 3.39. The molecule has 3 heterocycles. The lowest BCUT2D eigenvalue weighted by Crippen LogP contribution is -2.20. The highest BCUT2D eigenvalue weighted by molar-refractivity contribution is 6.18. The van der Waals surface area contributed by atoms with Crippen molar-refractivity contribution >= 4 is 17.2 Å². The zero-order chi connectivity index (χ0) is 11.7. The van der Waals surface area contributed by atoms with Gasteiger partial charge in [0, 0.05) is 31.4 Å². The number of hydrogen-bond acceptors (Lipinski definition) is 2. The minimum atomic E-state index is 0.661. The van der Waals surface area contributed by atoms with Crippen LogP contribution < -0.4 is 0 Å². The second-order valence-corrected chi connectivity index (χ2v) is 5.05. The molecule has 1 unspecified atom stereocenters. The van der Waals surface area contributed by atoms with Crippen LogP contribution in [0.2, 0.25) is 0 Å². The molecule has 1 aliphatic heterocycles. The van der Waals surface area contributed by atoms with Crippen LogP contribution in [-0.4, -0.2) is 33.3 Å². The van der Waals surface area contributed by atoms with Crippen LogP contribution in [0.15, 0.2) is 30.6 Å². The lowest BCUT2D eigenvalue weighted by atomic mass is 10.2. The fourth-order valence-electron chi connectivity index (χ4n) is 2.47. The molecule has 1 aliphatic rings. The molecular formula is C13H16ClN3. The number of alkyl halides is 1. The third-order valence-corrected chi connectivity index (χ3v) is 3.82. The molecule has 1 atom stereocenters. The molecule has 2 aromatic heterocycles. The molecule has 3 nitrogen and oxygen atoms in total. The van der Waals surface area contributed by atoms with Gasteiger partial charge in [-0.3, -0.25) is 4.90 Å². The van der Waals surface area contributed by atoms with Crippen LogP contribution >= 0.6 is 11.6 Å². The molecule has 0 radical (unpaired) electrons. The van der Waals surface area contributed by atoms with Gasteiger partial charge in [-0.15, -0.1) is 11.6 Å². The molecule has 1 saturated heterocycles. The van der Waals surface area contributed by atoms with E-state index in [0.717, 1.165) is 36.9 Å². The predicted molar refractivity (Wildman–Crippen MR) is 69.3 cm³/mol. The standard InChI is InChI=1S/C13H16ClN3/c14-7-11-4-6-16(8-11)9-12-10-17-5-2-1-3-13(17)15-12/h1-3,5,10-11H,4,6-9H2. The number of fused-ring (bicyclic) bond motifs is 1. The van der Waals surface area contributed by atoms with Gasteiger partial charge < -0.3 is 4.40 Å². The Labute approximate surface area is 106 Å². The summed E-state index contributed by atoms with van der Waals surface area (Å²) in [6.07, 6.45) is 5.37. The molecule has 2 aromatic rings. The Morgan fingerprint density at radius 1 is 1.41 bits per heavy atom. The maximum atomic E-state index is 5.89. The van der Waals surface area contributed by atoms with E-state index >= 15 is 0 Å². The summed E-state index contributed by atoms with van der Waals surface area (Å²) in [4.78, 5) is 7.05. The monoisotopic (exact) mass is 249 g/mol. The SMILES string of the molecule is ClCC1CCN(Cc2cn3ccccc3n2)C1. The third kappa shape index (κ3) is 2.31. The summed E-state index contributed by atoms with van der Waals surface area (Å²) < 4.78 is 2.07. The predicted octanol–water partition coefficient (Wildman–Crippen LogP) is 2.40. The van der Waals surface area contributed by atoms with E-state index in [2.05, 4.69) is 20.5 Å². The van der Waals surface area contributed by atoms with Crippen molar-refractivity contribution in [3.8, 4) is 0 Å². The first-order chi connectivity index (χ1) is 8.35. The number of nitrogens with zero attached hydrogens (tertiary/aromatic N) is 3. The van der Waals surface area contributed by atoms with Gasteiger partial charge in [-0.1, -0.05) is 6.07 Å². The molecular weight excluding hydrogens is 234 g/mol. The Hall–Kier alpha value is -1.06. The number of aromatic nitrogens is 2. The smallest absolute Gasteiger partial charge is 0.137 e. The van der Waals surface area contributed by atoms with Crippen molar-refractivity contribution in [1.29, 1.82) is 0 Å². The van der Waals surface area contributed by atoms with Crippen molar-refractivity contribution < 1.29 is 0 Å². The van der Waals surface area contributed by atoms with Crippen LogP contribution in [0.4, 0.5) is 0 Å². The summed E-state index contributed by atoms with van der Waals surface area (Å²) in [5.74, 6) is 1.44. The molecule has 0 saturated carbocycles. The largest absolute Gasteiger partial charge is 0.307 e. The number of rotatable bonds is 3. The Balaban J connectivity index is 1.73. The van der Waals surface area contributed by atoms with Crippen molar-refractivity contribution in [3.05, 3.63) is 36.3 Å². The van der Waals surface area contributed by atoms with Crippen molar-refractivity contribution in [2.24, 2.45) is 5.92 Å². The fraction of sp³-hybridized carbons (Fsp3) is 0.462. The van der Waals surface area contributed by atoms with E-state index in [0.29, 0.717) is 5.92 Å². The normalized spacial score (nSPS) is 21.4. The van der Waals surface area contributed by atoms with Crippen LogP contribution in [0.1, 0.15) is 12.1 Å². The van der Waals surface area contributed by atoms with E-state index in [4.69, 9.17) is 11.6 Å². The highest BCUT2D eigenvalue weighted by Gasteiger charge is 2.22. The molecule has 1 fully saturated rings. The lowest BCUT2D eigenvalue weighted by molar-refractivity contribution is 0.317. The molecule has 0 bridgehead atoms. The quantitative estimate of drug-likeness (QED) is 0.779. The van der Waals surface area contributed by atoms with Gasteiger partial charge in [0.15, 0.2) is 0 Å². The first-order valence-corrected chi connectivity index (χ1v) is 6.59. The van der Waals surface area contributed by atoms with E-state index in [-0.39, 0.29) is 0 Å². The van der Waals surface area contributed by atoms with Crippen molar-refractivity contribution in [1.82, 2.24) is 14.3 Å². The van der Waals surface area contributed by atoms with E-state index in [9.17, 15) is 0 Å². The van der Waals surface area contributed by atoms with Gasteiger partial charge >= 0.3 is 0 Å². The van der Waals surface area contributed by atoms with Crippen molar-refractivity contribution in [2.75, 3.05) is 19.0 Å². The van der Waals surface area contributed by atoms with Crippen LogP contribution in [0.25, 0.3) is 5.65 Å². The van der Waals surface area contributed by atoms with Crippen molar-refractivity contribution in [3.63, 3.8) is 0 Å². The molecule has 0 N–H and O–H groups in total. The summed E-state index contributed by atoms with van der Waals surface area (Å²) in [6, 6.07) is 6.08. The molecule has 3 rings (SSSR count). The number of hydrogen-bond donors (Lipinski definition) is 0. The van der Waals surface area contributed by atoms with E-state index < -0.39 is 0 Å². The minimum Gasteiger partial charge on any atom is -0.307 e. The fourth-order valence-corrected chi connectivity index (χ4v) is 2.73. The van der Waals surface area contributed by atoms with Gasteiger partial charge in [0.05, 0.1) is 5.69 Å². The molecule has 0 aliphatic carbocycles. The second-order valence-electron chi connectivity index (χ2n) is 4.74. The average Bonchev–Trinajstić information content (AvgIpc) is 2.94. The average molecular weight is 250 g/mol. The Kier molecular flexibility index (Phi) is 3.04. The molecule has 0 spiro atoms. The molecule has 90 valence electrons.